The van der Waals surface area contributed by atoms with Crippen molar-refractivity contribution in [1.29, 1.82) is 0 Å². The zero-order valence-corrected chi connectivity index (χ0v) is 16.9. The lowest BCUT2D eigenvalue weighted by Crippen LogP contribution is -2.41. The van der Waals surface area contributed by atoms with E-state index in [4.69, 9.17) is 14.0 Å². The van der Waals surface area contributed by atoms with Gasteiger partial charge in [-0.25, -0.2) is 4.79 Å². The Bertz CT molecular complexity index is 710. The Morgan fingerprint density at radius 2 is 1.73 bits per heavy atom. The lowest BCUT2D eigenvalue weighted by atomic mass is 9.78. The number of ether oxygens (including phenoxy) is 1. The predicted molar refractivity (Wildman–Crippen MR) is 105 cm³/mol. The Balaban J connectivity index is 2.42. The normalized spacial score (nSPS) is 18.7. The van der Waals surface area contributed by atoms with Gasteiger partial charge in [-0.15, -0.1) is 0 Å². The number of hydrogen-bond donors (Lipinski definition) is 0. The van der Waals surface area contributed by atoms with Crippen molar-refractivity contribution >= 4 is 36.0 Å². The molecule has 1 aliphatic heterocycles. The van der Waals surface area contributed by atoms with Crippen LogP contribution >= 0.6 is 11.8 Å². The molecule has 0 unspecified atom stereocenters. The largest absolute Gasteiger partial charge is 0.491 e. The molecule has 5 nitrogen and oxygen atoms in total. The minimum atomic E-state index is -0.586. The molecule has 1 aliphatic rings. The Morgan fingerprint density at radius 3 is 2.27 bits per heavy atom. The molecular weight excluding hydrogens is 351 g/mol. The highest BCUT2D eigenvalue weighted by Gasteiger charge is 2.52. The first-order valence-corrected chi connectivity index (χ1v) is 9.43. The maximum Gasteiger partial charge on any atom is 0.491 e. The van der Waals surface area contributed by atoms with E-state index in [0.717, 1.165) is 5.47 Å². The molecule has 1 saturated heterocycles. The smallest absolute Gasteiger partial charge is 0.465 e. The third kappa shape index (κ3) is 4.58. The van der Waals surface area contributed by atoms with Crippen LogP contribution in [-0.4, -0.2) is 42.3 Å². The van der Waals surface area contributed by atoms with Crippen LogP contribution in [0.2, 0.25) is 0 Å². The van der Waals surface area contributed by atoms with Gasteiger partial charge in [-0.2, -0.15) is 0 Å². The molecule has 2 rings (SSSR count). The topological polar surface area (TPSA) is 61.8 Å². The summed E-state index contributed by atoms with van der Waals surface area (Å²) in [6.07, 6.45) is 1.85. The van der Waals surface area contributed by atoms with Crippen molar-refractivity contribution in [1.82, 2.24) is 0 Å². The van der Waals surface area contributed by atoms with Crippen molar-refractivity contribution in [3.63, 3.8) is 0 Å². The first-order valence-electron chi connectivity index (χ1n) is 8.44. The van der Waals surface area contributed by atoms with Crippen LogP contribution in [0.25, 0.3) is 6.08 Å². The highest BCUT2D eigenvalue weighted by molar-refractivity contribution is 8.13. The van der Waals surface area contributed by atoms with E-state index in [-0.39, 0.29) is 5.12 Å². The van der Waals surface area contributed by atoms with E-state index in [0.29, 0.717) is 16.9 Å². The minimum Gasteiger partial charge on any atom is -0.465 e. The first kappa shape index (κ1) is 20.7. The number of esters is 1. The molecular formula is C19H25BO5S. The molecule has 0 amide bonds. The van der Waals surface area contributed by atoms with Crippen molar-refractivity contribution < 1.29 is 23.6 Å². The number of hydrogen-bond acceptors (Lipinski definition) is 6. The molecule has 1 heterocycles. The third-order valence-corrected chi connectivity index (χ3v) is 5.59. The second-order valence-electron chi connectivity index (χ2n) is 7.17. The number of benzene rings is 1. The summed E-state index contributed by atoms with van der Waals surface area (Å²) in [5, 5.41) is 0.00803. The van der Waals surface area contributed by atoms with Gasteiger partial charge in [0.25, 0.3) is 0 Å². The van der Waals surface area contributed by atoms with Gasteiger partial charge in [0.05, 0.1) is 23.9 Å². The molecule has 140 valence electrons. The van der Waals surface area contributed by atoms with Crippen LogP contribution in [-0.2, 0) is 18.8 Å². The molecule has 1 aromatic carbocycles. The zero-order chi connectivity index (χ0) is 19.5. The average Bonchev–Trinajstić information content (AvgIpc) is 2.78. The van der Waals surface area contributed by atoms with Crippen molar-refractivity contribution in [3.8, 4) is 0 Å². The van der Waals surface area contributed by atoms with E-state index in [1.165, 1.54) is 25.8 Å². The summed E-state index contributed by atoms with van der Waals surface area (Å²) >= 11 is 1.18. The highest BCUT2D eigenvalue weighted by atomic mass is 32.2. The summed E-state index contributed by atoms with van der Waals surface area (Å²) in [6, 6.07) is 7.16. The quantitative estimate of drug-likeness (QED) is 0.576. The molecule has 0 aliphatic carbocycles. The first-order chi connectivity index (χ1) is 12.1. The molecule has 0 saturated carbocycles. The van der Waals surface area contributed by atoms with Gasteiger partial charge >= 0.3 is 13.1 Å². The average molecular weight is 376 g/mol. The fourth-order valence-electron chi connectivity index (χ4n) is 2.48. The van der Waals surface area contributed by atoms with E-state index in [1.807, 2.05) is 45.9 Å². The van der Waals surface area contributed by atoms with Crippen molar-refractivity contribution in [3.05, 3.63) is 40.9 Å². The number of methoxy groups -OCH3 is 1. The van der Waals surface area contributed by atoms with Crippen LogP contribution in [0.15, 0.2) is 29.7 Å². The summed E-state index contributed by atoms with van der Waals surface area (Å²) in [5.41, 5.74) is 0.976. The van der Waals surface area contributed by atoms with E-state index in [1.54, 1.807) is 12.1 Å². The number of carbonyl (C=O) groups excluding carboxylic acids is 2. The Labute approximate surface area is 159 Å². The van der Waals surface area contributed by atoms with E-state index in [2.05, 4.69) is 0 Å². The summed E-state index contributed by atoms with van der Waals surface area (Å²) in [7, 11) is 0.765. The van der Waals surface area contributed by atoms with Gasteiger partial charge < -0.3 is 14.0 Å². The maximum absolute atomic E-state index is 12.0. The lowest BCUT2D eigenvalue weighted by Gasteiger charge is -2.32. The van der Waals surface area contributed by atoms with Gasteiger partial charge in [0.2, 0.25) is 0 Å². The minimum absolute atomic E-state index is 0.00803. The molecule has 0 bridgehead atoms. The van der Waals surface area contributed by atoms with Crippen LogP contribution in [0.3, 0.4) is 0 Å². The number of rotatable bonds is 5. The van der Waals surface area contributed by atoms with Crippen molar-refractivity contribution in [2.75, 3.05) is 12.9 Å². The second kappa shape index (κ2) is 7.98. The maximum atomic E-state index is 12.0. The molecule has 0 radical (unpaired) electrons. The Hall–Kier alpha value is -1.57. The number of carbonyl (C=O) groups is 2. The summed E-state index contributed by atoms with van der Waals surface area (Å²) in [6.45, 7) is 9.43. The molecule has 0 atom stereocenters. The van der Waals surface area contributed by atoms with Gasteiger partial charge in [0, 0.05) is 12.7 Å². The molecule has 1 aromatic rings. The third-order valence-electron chi connectivity index (χ3n) is 4.71. The predicted octanol–water partition coefficient (Wildman–Crippen LogP) is 3.77. The van der Waals surface area contributed by atoms with Gasteiger partial charge in [-0.3, -0.25) is 4.79 Å². The van der Waals surface area contributed by atoms with E-state index < -0.39 is 24.3 Å². The van der Waals surface area contributed by atoms with Gasteiger partial charge in [-0.05, 0) is 44.8 Å². The monoisotopic (exact) mass is 376 g/mol. The molecule has 7 heteroatoms. The van der Waals surface area contributed by atoms with Gasteiger partial charge in [0.1, 0.15) is 0 Å². The number of thioether (sulfide) groups is 1. The van der Waals surface area contributed by atoms with Crippen LogP contribution in [0.4, 0.5) is 0 Å². The fraction of sp³-hybridized carbons (Fsp3) is 0.474. The van der Waals surface area contributed by atoms with E-state index in [9.17, 15) is 9.59 Å². The van der Waals surface area contributed by atoms with E-state index >= 15 is 0 Å². The van der Waals surface area contributed by atoms with Crippen LogP contribution in [0, 0.1) is 0 Å². The van der Waals surface area contributed by atoms with Crippen LogP contribution in [0.5, 0.6) is 0 Å². The highest BCUT2D eigenvalue weighted by Crippen LogP contribution is 2.39. The van der Waals surface area contributed by atoms with Gasteiger partial charge in [0.15, 0.2) is 5.12 Å². The molecule has 0 aromatic heterocycles. The summed E-state index contributed by atoms with van der Waals surface area (Å²) in [5.74, 6) is 0.00567. The summed E-state index contributed by atoms with van der Waals surface area (Å²) in [4.78, 5) is 23.5. The molecule has 0 N–H and O–H groups in total. The lowest BCUT2D eigenvalue weighted by molar-refractivity contribution is -0.109. The van der Waals surface area contributed by atoms with Crippen molar-refractivity contribution in [2.45, 2.75) is 45.8 Å². The fourth-order valence-corrected chi connectivity index (χ4v) is 3.06. The summed E-state index contributed by atoms with van der Waals surface area (Å²) < 4.78 is 17.1. The Kier molecular flexibility index (Phi) is 6.37. The zero-order valence-electron chi connectivity index (χ0n) is 16.1. The molecule has 1 fully saturated rings. The standard InChI is InChI=1S/C19H25BO5S/c1-13(21)26-12-15(20-24-18(2,3)19(4,5)25-20)11-14-9-7-8-10-16(14)17(22)23-6/h7-11H,12H2,1-6H3. The van der Waals surface area contributed by atoms with Crippen molar-refractivity contribution in [2.24, 2.45) is 0 Å². The van der Waals surface area contributed by atoms with Gasteiger partial charge in [-0.1, -0.05) is 36.0 Å². The van der Waals surface area contributed by atoms with Crippen LogP contribution < -0.4 is 0 Å². The molecule has 26 heavy (non-hydrogen) atoms. The second-order valence-corrected chi connectivity index (χ2v) is 8.32. The molecule has 0 spiro atoms. The van der Waals surface area contributed by atoms with Crippen LogP contribution in [0.1, 0.15) is 50.5 Å². The Morgan fingerprint density at radius 1 is 1.15 bits per heavy atom. The SMILES string of the molecule is COC(=O)c1ccccc1C=C(CSC(C)=O)B1OC(C)(C)C(C)(C)O1.